The molecule has 2 fully saturated rings. The van der Waals surface area contributed by atoms with Crippen molar-refractivity contribution in [1.29, 1.82) is 0 Å². The molecule has 5 heteroatoms. The van der Waals surface area contributed by atoms with Gasteiger partial charge in [-0.15, -0.1) is 0 Å². The van der Waals surface area contributed by atoms with E-state index < -0.39 is 0 Å². The van der Waals surface area contributed by atoms with Crippen LogP contribution in [0.4, 0.5) is 5.82 Å². The highest BCUT2D eigenvalue weighted by Gasteiger charge is 2.34. The van der Waals surface area contributed by atoms with Gasteiger partial charge in [0, 0.05) is 12.1 Å². The Morgan fingerprint density at radius 3 is 2.71 bits per heavy atom. The van der Waals surface area contributed by atoms with E-state index in [1.165, 1.54) is 30.0 Å². The Labute approximate surface area is 145 Å². The van der Waals surface area contributed by atoms with Crippen LogP contribution in [0.25, 0.3) is 0 Å². The second-order valence-electron chi connectivity index (χ2n) is 7.49. The third-order valence-electron chi connectivity index (χ3n) is 5.88. The molecular weight excluding hydrogens is 300 g/mol. The SMILES string of the molecule is C[C@H](C(=O)N[C@@H]1CCCC[C@@H]1C)[NH+]1CCN(c2cccc[nH+]2)CC1. The standard InChI is InChI=1S/C19H30N4O/c1-15-7-3-4-8-17(15)21-19(24)16(2)22-11-13-23(14-12-22)18-9-5-6-10-20-18/h5-6,9-10,15-17H,3-4,7-8,11-14H2,1-2H3,(H,21,24)/p+2/t15-,16+,17+/m0/s1. The summed E-state index contributed by atoms with van der Waals surface area (Å²) in [6.45, 7) is 8.37. The molecule has 0 aromatic carbocycles. The van der Waals surface area contributed by atoms with Crippen molar-refractivity contribution in [2.24, 2.45) is 5.92 Å². The maximum atomic E-state index is 12.7. The molecule has 1 aromatic heterocycles. The molecule has 2 aliphatic rings. The molecule has 1 aromatic rings. The van der Waals surface area contributed by atoms with Crippen LogP contribution >= 0.6 is 0 Å². The molecule has 24 heavy (non-hydrogen) atoms. The van der Waals surface area contributed by atoms with Crippen LogP contribution in [0.2, 0.25) is 0 Å². The summed E-state index contributed by atoms with van der Waals surface area (Å²) in [4.78, 5) is 19.7. The van der Waals surface area contributed by atoms with Crippen LogP contribution in [0.5, 0.6) is 0 Å². The maximum Gasteiger partial charge on any atom is 0.278 e. The van der Waals surface area contributed by atoms with E-state index >= 15 is 0 Å². The van der Waals surface area contributed by atoms with E-state index in [1.807, 2.05) is 12.3 Å². The topological polar surface area (TPSA) is 50.9 Å². The molecule has 2 heterocycles. The van der Waals surface area contributed by atoms with Gasteiger partial charge >= 0.3 is 0 Å². The summed E-state index contributed by atoms with van der Waals surface area (Å²) < 4.78 is 0. The van der Waals surface area contributed by atoms with Crippen LogP contribution < -0.4 is 20.1 Å². The van der Waals surface area contributed by atoms with E-state index in [4.69, 9.17) is 0 Å². The number of nitrogens with zero attached hydrogens (tertiary/aromatic N) is 1. The van der Waals surface area contributed by atoms with Crippen molar-refractivity contribution in [3.05, 3.63) is 24.4 Å². The molecule has 1 aliphatic carbocycles. The maximum absolute atomic E-state index is 12.7. The Morgan fingerprint density at radius 2 is 2.04 bits per heavy atom. The first-order valence-electron chi connectivity index (χ1n) is 9.52. The Balaban J connectivity index is 1.49. The van der Waals surface area contributed by atoms with Crippen LogP contribution in [0.15, 0.2) is 24.4 Å². The van der Waals surface area contributed by atoms with Gasteiger partial charge in [0.1, 0.15) is 26.2 Å². The molecule has 5 nitrogen and oxygen atoms in total. The van der Waals surface area contributed by atoms with Gasteiger partial charge in [-0.3, -0.25) is 9.69 Å². The van der Waals surface area contributed by atoms with Gasteiger partial charge < -0.3 is 10.2 Å². The number of hydrogen-bond acceptors (Lipinski definition) is 2. The summed E-state index contributed by atoms with van der Waals surface area (Å²) in [6.07, 6.45) is 6.93. The third-order valence-corrected chi connectivity index (χ3v) is 5.88. The van der Waals surface area contributed by atoms with Gasteiger partial charge in [-0.1, -0.05) is 25.8 Å². The van der Waals surface area contributed by atoms with Crippen molar-refractivity contribution >= 4 is 11.7 Å². The number of amides is 1. The lowest BCUT2D eigenvalue weighted by atomic mass is 9.86. The smallest absolute Gasteiger partial charge is 0.278 e. The minimum Gasteiger partial charge on any atom is -0.348 e. The summed E-state index contributed by atoms with van der Waals surface area (Å²) >= 11 is 0. The summed E-state index contributed by atoms with van der Waals surface area (Å²) in [5.74, 6) is 2.03. The average molecular weight is 332 g/mol. The largest absolute Gasteiger partial charge is 0.348 e. The van der Waals surface area contributed by atoms with E-state index in [9.17, 15) is 4.79 Å². The quantitative estimate of drug-likeness (QED) is 0.833. The van der Waals surface area contributed by atoms with E-state index in [0.29, 0.717) is 12.0 Å². The lowest BCUT2D eigenvalue weighted by Crippen LogP contribution is -3.19. The summed E-state index contributed by atoms with van der Waals surface area (Å²) in [5, 5.41) is 3.33. The van der Waals surface area contributed by atoms with E-state index in [0.717, 1.165) is 32.6 Å². The molecule has 1 saturated heterocycles. The highest BCUT2D eigenvalue weighted by Crippen LogP contribution is 2.23. The minimum absolute atomic E-state index is 0.0426. The van der Waals surface area contributed by atoms with Crippen LogP contribution in [-0.4, -0.2) is 44.2 Å². The highest BCUT2D eigenvalue weighted by atomic mass is 16.2. The number of carbonyl (C=O) groups excluding carboxylic acids is 1. The molecule has 3 atom stereocenters. The van der Waals surface area contributed by atoms with Crippen molar-refractivity contribution in [3.8, 4) is 0 Å². The number of rotatable bonds is 4. The summed E-state index contributed by atoms with van der Waals surface area (Å²) in [6, 6.07) is 6.61. The number of carbonyl (C=O) groups is 1. The van der Waals surface area contributed by atoms with Crippen LogP contribution in [0.1, 0.15) is 39.5 Å². The number of H-pyrrole nitrogens is 1. The van der Waals surface area contributed by atoms with Gasteiger partial charge in [0.25, 0.3) is 11.7 Å². The lowest BCUT2D eigenvalue weighted by molar-refractivity contribution is -0.914. The number of aromatic amines is 1. The molecule has 1 amide bonds. The molecule has 1 saturated carbocycles. The lowest BCUT2D eigenvalue weighted by Gasteiger charge is -2.34. The number of aromatic nitrogens is 1. The Hall–Kier alpha value is -1.62. The molecule has 132 valence electrons. The highest BCUT2D eigenvalue weighted by molar-refractivity contribution is 5.80. The first kappa shape index (κ1) is 17.2. The predicted octanol–water partition coefficient (Wildman–Crippen LogP) is 0.289. The first-order valence-corrected chi connectivity index (χ1v) is 9.52. The van der Waals surface area contributed by atoms with Crippen LogP contribution in [0, 0.1) is 5.92 Å². The number of hydrogen-bond donors (Lipinski definition) is 2. The molecule has 3 rings (SSSR count). The van der Waals surface area contributed by atoms with E-state index in [1.54, 1.807) is 0 Å². The van der Waals surface area contributed by atoms with Crippen LogP contribution in [0.3, 0.4) is 0 Å². The average Bonchev–Trinajstić information content (AvgIpc) is 2.64. The van der Waals surface area contributed by atoms with Crippen molar-refractivity contribution in [2.45, 2.75) is 51.6 Å². The zero-order valence-corrected chi connectivity index (χ0v) is 15.1. The molecule has 0 unspecified atom stereocenters. The van der Waals surface area contributed by atoms with E-state index in [2.05, 4.69) is 41.2 Å². The normalized spacial score (nSPS) is 26.8. The fourth-order valence-electron chi connectivity index (χ4n) is 4.07. The Morgan fingerprint density at radius 1 is 1.29 bits per heavy atom. The molecule has 0 bridgehead atoms. The second kappa shape index (κ2) is 7.97. The van der Waals surface area contributed by atoms with Crippen molar-refractivity contribution in [3.63, 3.8) is 0 Å². The summed E-state index contributed by atoms with van der Waals surface area (Å²) in [7, 11) is 0. The first-order chi connectivity index (χ1) is 11.6. The van der Waals surface area contributed by atoms with Gasteiger partial charge in [-0.25, -0.2) is 4.98 Å². The van der Waals surface area contributed by atoms with Gasteiger partial charge in [-0.2, -0.15) is 0 Å². The van der Waals surface area contributed by atoms with E-state index in [-0.39, 0.29) is 11.9 Å². The Bertz CT molecular complexity index is 527. The predicted molar refractivity (Wildman–Crippen MR) is 94.9 cm³/mol. The monoisotopic (exact) mass is 332 g/mol. The minimum atomic E-state index is 0.0426. The number of quaternary nitrogens is 1. The second-order valence-corrected chi connectivity index (χ2v) is 7.49. The van der Waals surface area contributed by atoms with Crippen molar-refractivity contribution < 1.29 is 14.7 Å². The van der Waals surface area contributed by atoms with Gasteiger partial charge in [0.05, 0.1) is 6.20 Å². The molecule has 0 spiro atoms. The number of pyridine rings is 1. The zero-order valence-electron chi connectivity index (χ0n) is 15.1. The van der Waals surface area contributed by atoms with Gasteiger partial charge in [0.15, 0.2) is 6.04 Å². The van der Waals surface area contributed by atoms with Gasteiger partial charge in [0.2, 0.25) is 0 Å². The van der Waals surface area contributed by atoms with Crippen molar-refractivity contribution in [1.82, 2.24) is 5.32 Å². The molecular formula is C19H32N4O+2. The fourth-order valence-corrected chi connectivity index (χ4v) is 4.07. The molecule has 0 radical (unpaired) electrons. The number of anilines is 1. The fraction of sp³-hybridized carbons (Fsp3) is 0.684. The Kier molecular flexibility index (Phi) is 5.72. The van der Waals surface area contributed by atoms with Crippen LogP contribution in [-0.2, 0) is 4.79 Å². The zero-order chi connectivity index (χ0) is 16.9. The number of piperazine rings is 1. The molecule has 1 aliphatic heterocycles. The van der Waals surface area contributed by atoms with Crippen molar-refractivity contribution in [2.75, 3.05) is 31.1 Å². The van der Waals surface area contributed by atoms with Gasteiger partial charge in [-0.05, 0) is 31.7 Å². The number of nitrogens with one attached hydrogen (secondary N) is 3. The summed E-state index contributed by atoms with van der Waals surface area (Å²) in [5.41, 5.74) is 0. The third kappa shape index (κ3) is 4.07. The molecule has 3 N–H and O–H groups in total.